The van der Waals surface area contributed by atoms with Crippen LogP contribution in [-0.4, -0.2) is 141 Å². The van der Waals surface area contributed by atoms with E-state index in [2.05, 4.69) is 34.6 Å². The summed E-state index contributed by atoms with van der Waals surface area (Å²) in [5.41, 5.74) is -3.06. The van der Waals surface area contributed by atoms with Crippen LogP contribution in [0, 0.1) is 50.7 Å². The van der Waals surface area contributed by atoms with Gasteiger partial charge >= 0.3 is 11.9 Å². The first-order valence-corrected chi connectivity index (χ1v) is 22.0. The van der Waals surface area contributed by atoms with Crippen molar-refractivity contribution in [1.29, 1.82) is 0 Å². The van der Waals surface area contributed by atoms with E-state index in [1.807, 2.05) is 13.8 Å². The largest absolute Gasteiger partial charge is 0.455 e. The molecular formula is C44H70O15. The summed E-state index contributed by atoms with van der Waals surface area (Å²) in [5.74, 6) is -1.53. The number of esters is 2. The predicted molar refractivity (Wildman–Crippen MR) is 207 cm³/mol. The Balaban J connectivity index is 1.13. The van der Waals surface area contributed by atoms with E-state index in [9.17, 15) is 40.2 Å². The third-order valence-corrected chi connectivity index (χ3v) is 17.9. The molecule has 0 aromatic heterocycles. The third-order valence-electron chi connectivity index (χ3n) is 17.9. The van der Waals surface area contributed by atoms with Gasteiger partial charge in [-0.15, -0.1) is 0 Å². The maximum atomic E-state index is 12.3. The van der Waals surface area contributed by atoms with E-state index in [0.29, 0.717) is 32.3 Å². The highest BCUT2D eigenvalue weighted by atomic mass is 16.7. The van der Waals surface area contributed by atoms with Gasteiger partial charge in [-0.3, -0.25) is 9.59 Å². The number of fused-ring (bicyclic) bond motifs is 2. The summed E-state index contributed by atoms with van der Waals surface area (Å²) in [6, 6.07) is 0. The van der Waals surface area contributed by atoms with E-state index in [-0.39, 0.29) is 58.5 Å². The molecule has 0 aromatic rings. The van der Waals surface area contributed by atoms with Crippen LogP contribution in [-0.2, 0) is 42.7 Å². The van der Waals surface area contributed by atoms with Gasteiger partial charge in [-0.1, -0.05) is 27.7 Å². The lowest BCUT2D eigenvalue weighted by Gasteiger charge is -2.65. The minimum absolute atomic E-state index is 0.0543. The Morgan fingerprint density at radius 2 is 1.34 bits per heavy atom. The van der Waals surface area contributed by atoms with Gasteiger partial charge < -0.3 is 63.8 Å². The third kappa shape index (κ3) is 6.60. The van der Waals surface area contributed by atoms with Gasteiger partial charge in [-0.25, -0.2) is 0 Å². The van der Waals surface area contributed by atoms with Crippen LogP contribution in [0.25, 0.3) is 0 Å². The Hall–Kier alpha value is -1.50. The van der Waals surface area contributed by atoms with Gasteiger partial charge in [-0.05, 0) is 111 Å². The van der Waals surface area contributed by atoms with Gasteiger partial charge in [-0.2, -0.15) is 0 Å². The van der Waals surface area contributed by atoms with Crippen molar-refractivity contribution < 1.29 is 73.4 Å². The maximum absolute atomic E-state index is 12.3. The van der Waals surface area contributed by atoms with E-state index in [1.165, 1.54) is 13.8 Å². The van der Waals surface area contributed by atoms with E-state index >= 15 is 0 Å². The molecule has 8 aliphatic rings. The molecule has 0 unspecified atom stereocenters. The summed E-state index contributed by atoms with van der Waals surface area (Å²) in [6.07, 6.45) is -5.71. The molecule has 8 fully saturated rings. The second-order valence-electron chi connectivity index (χ2n) is 21.8. The first-order chi connectivity index (χ1) is 27.3. The molecule has 59 heavy (non-hydrogen) atoms. The Morgan fingerprint density at radius 3 is 1.98 bits per heavy atom. The predicted octanol–water partition coefficient (Wildman–Crippen LogP) is 2.36. The van der Waals surface area contributed by atoms with Gasteiger partial charge in [0.1, 0.15) is 24.4 Å². The molecule has 3 aliphatic heterocycles. The zero-order valence-corrected chi connectivity index (χ0v) is 36.3. The zero-order chi connectivity index (χ0) is 43.0. The highest BCUT2D eigenvalue weighted by molar-refractivity contribution is 5.67. The molecule has 5 saturated carbocycles. The van der Waals surface area contributed by atoms with Gasteiger partial charge in [0.05, 0.1) is 49.3 Å². The SMILES string of the molecule is CC(=O)O[C@@H]1[C@@H](OC(C)=O)[C@@H](O[C@@H]2CC[C@@]34C[C@@]35CC[C@@]3(C)[C@@H]([C@@]6(C)C[C@@H](C(C)(C)O)CO6)[C@@H](O)C[C@@]3(C)[C@H]5C[C@@H](O[C@@H]3OC[C@@H](O)[C@@H](O)[C@H]3O)[C@H]4C2(C)C)OC[C@@H]1O. The Labute approximate surface area is 347 Å². The number of aliphatic hydroxyl groups is 6. The molecule has 0 aromatic carbocycles. The van der Waals surface area contributed by atoms with Crippen LogP contribution in [0.2, 0.25) is 0 Å². The zero-order valence-electron chi connectivity index (χ0n) is 36.3. The second-order valence-corrected chi connectivity index (χ2v) is 21.8. The van der Waals surface area contributed by atoms with Crippen molar-refractivity contribution in [2.24, 2.45) is 50.7 Å². The molecule has 5 aliphatic carbocycles. The molecule has 6 N–H and O–H groups in total. The number of ether oxygens (including phenoxy) is 7. The number of carbonyl (C=O) groups excluding carboxylic acids is 2. The van der Waals surface area contributed by atoms with E-state index in [1.54, 1.807) is 0 Å². The standard InChI is InChI=1S/C44H70O15/c1-21(45)56-32-26(49)19-54-37(33(32)57-22(2)46)59-29-10-11-44-20-43(44)13-12-40(7)34(42(9)15-23(17-55-42)39(5,6)52)24(47)16-41(40,8)28(43)14-27(35(44)38(29,3)4)58-36-31(51)30(50)25(48)18-53-36/h23-37,47-52H,10-20H2,1-9H3/t23-,24+,25-,26+,27-,28-,29-,30-,31-,32+,33-,34+,35+,36+,37-,40+,41+,42-,43-,44+/m1/s1. The summed E-state index contributed by atoms with van der Waals surface area (Å²) in [5, 5.41) is 66.3. The Morgan fingerprint density at radius 1 is 0.695 bits per heavy atom. The number of hydrogen-bond donors (Lipinski definition) is 6. The lowest BCUT2D eigenvalue weighted by atomic mass is 9.41. The average molecular weight is 839 g/mol. The van der Waals surface area contributed by atoms with Crippen LogP contribution in [0.5, 0.6) is 0 Å². The Kier molecular flexibility index (Phi) is 10.9. The lowest BCUT2D eigenvalue weighted by Crippen LogP contribution is -2.65. The van der Waals surface area contributed by atoms with Crippen LogP contribution in [0.4, 0.5) is 0 Å². The van der Waals surface area contributed by atoms with Crippen molar-refractivity contribution in [3.05, 3.63) is 0 Å². The minimum atomic E-state index is -1.49. The average Bonchev–Trinajstić information content (AvgIpc) is 3.49. The smallest absolute Gasteiger partial charge is 0.303 e. The molecule has 8 rings (SSSR count). The molecule has 15 nitrogen and oxygen atoms in total. The minimum Gasteiger partial charge on any atom is -0.455 e. The van der Waals surface area contributed by atoms with Gasteiger partial charge in [0.15, 0.2) is 24.8 Å². The van der Waals surface area contributed by atoms with Crippen LogP contribution in [0.15, 0.2) is 0 Å². The number of carbonyl (C=O) groups is 2. The van der Waals surface area contributed by atoms with Crippen LogP contribution in [0.1, 0.15) is 114 Å². The summed E-state index contributed by atoms with van der Waals surface area (Å²) in [7, 11) is 0. The van der Waals surface area contributed by atoms with Crippen molar-refractivity contribution >= 4 is 11.9 Å². The van der Waals surface area contributed by atoms with Crippen molar-refractivity contribution in [1.82, 2.24) is 0 Å². The van der Waals surface area contributed by atoms with Crippen molar-refractivity contribution in [2.75, 3.05) is 19.8 Å². The lowest BCUT2D eigenvalue weighted by molar-refractivity contribution is -0.327. The van der Waals surface area contributed by atoms with E-state index in [0.717, 1.165) is 25.7 Å². The molecule has 15 heteroatoms. The first kappa shape index (κ1) is 44.1. The molecule has 336 valence electrons. The quantitative estimate of drug-likeness (QED) is 0.153. The fraction of sp³-hybridized carbons (Fsp3) is 0.955. The number of aliphatic hydroxyl groups excluding tert-OH is 5. The highest BCUT2D eigenvalue weighted by Crippen LogP contribution is 2.89. The molecule has 0 radical (unpaired) electrons. The summed E-state index contributed by atoms with van der Waals surface area (Å²) < 4.78 is 43.4. The molecule has 0 bridgehead atoms. The fourth-order valence-electron chi connectivity index (χ4n) is 15.2. The molecule has 20 atom stereocenters. The molecule has 2 spiro atoms. The van der Waals surface area contributed by atoms with E-state index < -0.39 is 96.1 Å². The van der Waals surface area contributed by atoms with Crippen molar-refractivity contribution in [3.8, 4) is 0 Å². The molecule has 0 amide bonds. The molecule has 3 heterocycles. The van der Waals surface area contributed by atoms with Crippen LogP contribution >= 0.6 is 0 Å². The topological polar surface area (TPSA) is 220 Å². The van der Waals surface area contributed by atoms with Gasteiger partial charge in [0.2, 0.25) is 0 Å². The summed E-state index contributed by atoms with van der Waals surface area (Å²) >= 11 is 0. The molecular weight excluding hydrogens is 768 g/mol. The van der Waals surface area contributed by atoms with Crippen molar-refractivity contribution in [2.45, 2.75) is 192 Å². The summed E-state index contributed by atoms with van der Waals surface area (Å²) in [6.45, 7) is 17.3. The van der Waals surface area contributed by atoms with Crippen LogP contribution < -0.4 is 0 Å². The van der Waals surface area contributed by atoms with Gasteiger partial charge in [0.25, 0.3) is 0 Å². The van der Waals surface area contributed by atoms with Gasteiger partial charge in [0, 0.05) is 25.7 Å². The van der Waals surface area contributed by atoms with Crippen molar-refractivity contribution in [3.63, 3.8) is 0 Å². The number of hydrogen-bond acceptors (Lipinski definition) is 15. The Bertz CT molecular complexity index is 1630. The monoisotopic (exact) mass is 838 g/mol. The maximum Gasteiger partial charge on any atom is 0.303 e. The number of rotatable bonds is 8. The fourth-order valence-corrected chi connectivity index (χ4v) is 15.2. The first-order valence-electron chi connectivity index (χ1n) is 22.0. The molecule has 3 saturated heterocycles. The second kappa shape index (κ2) is 14.5. The van der Waals surface area contributed by atoms with E-state index in [4.69, 9.17) is 33.2 Å². The normalized spacial score (nSPS) is 54.0. The van der Waals surface area contributed by atoms with Crippen LogP contribution in [0.3, 0.4) is 0 Å². The highest BCUT2D eigenvalue weighted by Gasteiger charge is 2.85. The summed E-state index contributed by atoms with van der Waals surface area (Å²) in [4.78, 5) is 24.4.